The molecule has 128 valence electrons. The molecule has 5 nitrogen and oxygen atoms in total. The van der Waals surface area contributed by atoms with Crippen molar-refractivity contribution in [1.29, 1.82) is 0 Å². The van der Waals surface area contributed by atoms with Crippen LogP contribution in [0.5, 0.6) is 5.75 Å². The average Bonchev–Trinajstić information content (AvgIpc) is 3.11. The van der Waals surface area contributed by atoms with Crippen LogP contribution in [0.15, 0.2) is 67.0 Å². The Bertz CT molecular complexity index is 810. The fourth-order valence-corrected chi connectivity index (χ4v) is 2.56. The summed E-state index contributed by atoms with van der Waals surface area (Å²) in [6, 6.07) is 17.7. The minimum atomic E-state index is 0.00104. The van der Waals surface area contributed by atoms with E-state index < -0.39 is 0 Å². The number of benzene rings is 2. The third kappa shape index (κ3) is 4.70. The standard InChI is InChI=1S/C20H21N3O2/c1-25-19-9-7-16(8-10-19)11-12-21-20(24)13-17-14-22-23(15-17)18-5-3-2-4-6-18/h2-10,14-15H,11-13H2,1H3,(H,21,24). The highest BCUT2D eigenvalue weighted by Gasteiger charge is 2.06. The SMILES string of the molecule is COc1ccc(CCNC(=O)Cc2cnn(-c3ccccc3)c2)cc1. The number of carbonyl (C=O) groups excluding carboxylic acids is 1. The molecule has 3 rings (SSSR count). The van der Waals surface area contributed by atoms with Crippen molar-refractivity contribution in [3.8, 4) is 11.4 Å². The van der Waals surface area contributed by atoms with Crippen LogP contribution in [0.2, 0.25) is 0 Å². The monoisotopic (exact) mass is 335 g/mol. The summed E-state index contributed by atoms with van der Waals surface area (Å²) in [6.07, 6.45) is 4.74. The predicted octanol–water partition coefficient (Wildman–Crippen LogP) is 2.78. The molecule has 25 heavy (non-hydrogen) atoms. The van der Waals surface area contributed by atoms with Gasteiger partial charge in [0, 0.05) is 12.7 Å². The second-order valence-electron chi connectivity index (χ2n) is 5.75. The molecular formula is C20H21N3O2. The van der Waals surface area contributed by atoms with Crippen LogP contribution in [-0.4, -0.2) is 29.3 Å². The van der Waals surface area contributed by atoms with Gasteiger partial charge in [0.15, 0.2) is 0 Å². The Balaban J connectivity index is 1.47. The molecule has 0 atom stereocenters. The second-order valence-corrected chi connectivity index (χ2v) is 5.75. The zero-order valence-corrected chi connectivity index (χ0v) is 14.2. The van der Waals surface area contributed by atoms with Gasteiger partial charge in [0.1, 0.15) is 5.75 Å². The summed E-state index contributed by atoms with van der Waals surface area (Å²) in [5.74, 6) is 0.837. The molecule has 1 aromatic heterocycles. The van der Waals surface area contributed by atoms with Crippen LogP contribution in [0.3, 0.4) is 0 Å². The van der Waals surface area contributed by atoms with Crippen molar-refractivity contribution in [3.63, 3.8) is 0 Å². The molecule has 1 N–H and O–H groups in total. The Kier molecular flexibility index (Phi) is 5.46. The van der Waals surface area contributed by atoms with Gasteiger partial charge in [-0.15, -0.1) is 0 Å². The minimum Gasteiger partial charge on any atom is -0.497 e. The van der Waals surface area contributed by atoms with Crippen LogP contribution < -0.4 is 10.1 Å². The molecule has 0 aliphatic rings. The van der Waals surface area contributed by atoms with Crippen LogP contribution >= 0.6 is 0 Å². The molecule has 1 heterocycles. The van der Waals surface area contributed by atoms with Crippen LogP contribution in [0.1, 0.15) is 11.1 Å². The number of nitrogens with one attached hydrogen (secondary N) is 1. The van der Waals surface area contributed by atoms with Crippen LogP contribution in [-0.2, 0) is 17.6 Å². The third-order valence-electron chi connectivity index (χ3n) is 3.92. The fourth-order valence-electron chi connectivity index (χ4n) is 2.56. The lowest BCUT2D eigenvalue weighted by molar-refractivity contribution is -0.120. The van der Waals surface area contributed by atoms with E-state index in [-0.39, 0.29) is 5.91 Å². The van der Waals surface area contributed by atoms with Crippen molar-refractivity contribution < 1.29 is 9.53 Å². The van der Waals surface area contributed by atoms with Crippen molar-refractivity contribution in [3.05, 3.63) is 78.1 Å². The maximum absolute atomic E-state index is 12.1. The van der Waals surface area contributed by atoms with Gasteiger partial charge in [0.2, 0.25) is 5.91 Å². The number of methoxy groups -OCH3 is 1. The molecule has 0 aliphatic carbocycles. The normalized spacial score (nSPS) is 10.4. The summed E-state index contributed by atoms with van der Waals surface area (Å²) in [5.41, 5.74) is 3.04. The third-order valence-corrected chi connectivity index (χ3v) is 3.92. The number of para-hydroxylation sites is 1. The van der Waals surface area contributed by atoms with E-state index >= 15 is 0 Å². The van der Waals surface area contributed by atoms with Crippen LogP contribution in [0.4, 0.5) is 0 Å². The Hall–Kier alpha value is -3.08. The van der Waals surface area contributed by atoms with Crippen molar-refractivity contribution >= 4 is 5.91 Å². The smallest absolute Gasteiger partial charge is 0.224 e. The molecule has 1 amide bonds. The van der Waals surface area contributed by atoms with Gasteiger partial charge in [-0.3, -0.25) is 4.79 Å². The Morgan fingerprint density at radius 3 is 2.56 bits per heavy atom. The summed E-state index contributed by atoms with van der Waals surface area (Å²) in [4.78, 5) is 12.1. The lowest BCUT2D eigenvalue weighted by Crippen LogP contribution is -2.27. The molecule has 0 spiro atoms. The van der Waals surface area contributed by atoms with E-state index in [2.05, 4.69) is 10.4 Å². The molecule has 0 saturated heterocycles. The fraction of sp³-hybridized carbons (Fsp3) is 0.200. The zero-order chi connectivity index (χ0) is 17.5. The Morgan fingerprint density at radius 2 is 1.84 bits per heavy atom. The number of amides is 1. The van der Waals surface area contributed by atoms with E-state index in [1.54, 1.807) is 18.0 Å². The highest BCUT2D eigenvalue weighted by atomic mass is 16.5. The van der Waals surface area contributed by atoms with E-state index in [1.165, 1.54) is 0 Å². The molecule has 0 saturated carbocycles. The number of hydrogen-bond donors (Lipinski definition) is 1. The number of nitrogens with zero attached hydrogens (tertiary/aromatic N) is 2. The lowest BCUT2D eigenvalue weighted by atomic mass is 10.1. The van der Waals surface area contributed by atoms with E-state index in [1.807, 2.05) is 60.8 Å². The van der Waals surface area contributed by atoms with E-state index in [0.717, 1.165) is 29.0 Å². The van der Waals surface area contributed by atoms with Gasteiger partial charge in [-0.1, -0.05) is 30.3 Å². The van der Waals surface area contributed by atoms with Crippen LogP contribution in [0.25, 0.3) is 5.69 Å². The summed E-state index contributed by atoms with van der Waals surface area (Å²) in [6.45, 7) is 0.609. The molecule has 0 aliphatic heterocycles. The number of aromatic nitrogens is 2. The van der Waals surface area contributed by atoms with E-state index in [9.17, 15) is 4.79 Å². The first-order valence-electron chi connectivity index (χ1n) is 8.23. The largest absolute Gasteiger partial charge is 0.497 e. The Labute approximate surface area is 147 Å². The Morgan fingerprint density at radius 1 is 1.08 bits per heavy atom. The molecule has 0 bridgehead atoms. The van der Waals surface area contributed by atoms with Crippen molar-refractivity contribution in [2.45, 2.75) is 12.8 Å². The summed E-state index contributed by atoms with van der Waals surface area (Å²) in [7, 11) is 1.65. The highest BCUT2D eigenvalue weighted by molar-refractivity contribution is 5.78. The van der Waals surface area contributed by atoms with Gasteiger partial charge in [-0.05, 0) is 41.8 Å². The zero-order valence-electron chi connectivity index (χ0n) is 14.2. The quantitative estimate of drug-likeness (QED) is 0.722. The number of hydrogen-bond acceptors (Lipinski definition) is 3. The molecule has 0 radical (unpaired) electrons. The maximum atomic E-state index is 12.1. The number of ether oxygens (including phenoxy) is 1. The summed E-state index contributed by atoms with van der Waals surface area (Å²) in [5, 5.41) is 7.26. The van der Waals surface area contributed by atoms with Crippen LogP contribution in [0, 0.1) is 0 Å². The number of carbonyl (C=O) groups is 1. The second kappa shape index (κ2) is 8.15. The number of rotatable bonds is 7. The van der Waals surface area contributed by atoms with Crippen molar-refractivity contribution in [2.24, 2.45) is 0 Å². The van der Waals surface area contributed by atoms with Gasteiger partial charge in [0.05, 0.1) is 25.4 Å². The first kappa shape index (κ1) is 16.8. The molecule has 0 unspecified atom stereocenters. The predicted molar refractivity (Wildman–Crippen MR) is 97.0 cm³/mol. The van der Waals surface area contributed by atoms with Gasteiger partial charge in [-0.25, -0.2) is 4.68 Å². The molecule has 5 heteroatoms. The molecular weight excluding hydrogens is 314 g/mol. The molecule has 2 aromatic carbocycles. The van der Waals surface area contributed by atoms with E-state index in [0.29, 0.717) is 13.0 Å². The van der Waals surface area contributed by atoms with Gasteiger partial charge >= 0.3 is 0 Å². The molecule has 3 aromatic rings. The highest BCUT2D eigenvalue weighted by Crippen LogP contribution is 2.11. The molecule has 0 fully saturated rings. The van der Waals surface area contributed by atoms with E-state index in [4.69, 9.17) is 4.74 Å². The van der Waals surface area contributed by atoms with Gasteiger partial charge in [-0.2, -0.15) is 5.10 Å². The van der Waals surface area contributed by atoms with Gasteiger partial charge in [0.25, 0.3) is 0 Å². The maximum Gasteiger partial charge on any atom is 0.224 e. The first-order chi connectivity index (χ1) is 12.2. The van der Waals surface area contributed by atoms with Gasteiger partial charge < -0.3 is 10.1 Å². The minimum absolute atomic E-state index is 0.00104. The summed E-state index contributed by atoms with van der Waals surface area (Å²) >= 11 is 0. The topological polar surface area (TPSA) is 56.1 Å². The van der Waals surface area contributed by atoms with Crippen molar-refractivity contribution in [2.75, 3.05) is 13.7 Å². The summed E-state index contributed by atoms with van der Waals surface area (Å²) < 4.78 is 6.91. The average molecular weight is 335 g/mol. The first-order valence-corrected chi connectivity index (χ1v) is 8.23. The van der Waals surface area contributed by atoms with Crippen molar-refractivity contribution in [1.82, 2.24) is 15.1 Å². The lowest BCUT2D eigenvalue weighted by Gasteiger charge is -2.05.